The van der Waals surface area contributed by atoms with E-state index in [9.17, 15) is 4.79 Å². The van der Waals surface area contributed by atoms with Gasteiger partial charge in [-0.15, -0.1) is 0 Å². The summed E-state index contributed by atoms with van der Waals surface area (Å²) in [6.07, 6.45) is 3.46. The number of para-hydroxylation sites is 1. The average Bonchev–Trinajstić information content (AvgIpc) is 3.10. The van der Waals surface area contributed by atoms with Gasteiger partial charge in [0.25, 0.3) is 5.56 Å². The fourth-order valence-electron chi connectivity index (χ4n) is 5.90. The third-order valence-electron chi connectivity index (χ3n) is 7.12. The van der Waals surface area contributed by atoms with Crippen LogP contribution in [0.1, 0.15) is 23.6 Å². The van der Waals surface area contributed by atoms with Gasteiger partial charge in [0.1, 0.15) is 0 Å². The molecule has 0 N–H and O–H groups in total. The summed E-state index contributed by atoms with van der Waals surface area (Å²) in [6.45, 7) is 3.85. The highest BCUT2D eigenvalue weighted by Crippen LogP contribution is 2.40. The van der Waals surface area contributed by atoms with Crippen molar-refractivity contribution < 1.29 is 0 Å². The zero-order valence-electron chi connectivity index (χ0n) is 17.9. The van der Waals surface area contributed by atoms with E-state index in [-0.39, 0.29) is 5.56 Å². The lowest BCUT2D eigenvalue weighted by Gasteiger charge is -2.43. The van der Waals surface area contributed by atoms with Crippen molar-refractivity contribution in [3.05, 3.63) is 94.5 Å². The molecule has 2 aromatic heterocycles. The second-order valence-corrected chi connectivity index (χ2v) is 9.22. The molecule has 0 amide bonds. The highest BCUT2D eigenvalue weighted by atomic mass is 16.1. The molecule has 0 radical (unpaired) electrons. The molecule has 2 atom stereocenters. The van der Waals surface area contributed by atoms with Gasteiger partial charge in [-0.05, 0) is 35.6 Å². The molecule has 4 aromatic rings. The Kier molecular flexibility index (Phi) is 4.35. The maximum atomic E-state index is 12.7. The molecule has 4 heteroatoms. The van der Waals surface area contributed by atoms with Crippen LogP contribution in [0.25, 0.3) is 22.0 Å². The molecular weight excluding hydrogens is 382 g/mol. The number of nitrogens with zero attached hydrogens (tertiary/aromatic N) is 3. The maximum Gasteiger partial charge on any atom is 0.250 e. The molecule has 1 saturated heterocycles. The first kappa shape index (κ1) is 18.6. The second-order valence-electron chi connectivity index (χ2n) is 9.22. The Balaban J connectivity index is 1.36. The topological polar surface area (TPSA) is 30.2 Å². The number of hydrogen-bond donors (Lipinski definition) is 0. The molecule has 6 rings (SSSR count). The number of rotatable bonds is 3. The SMILES string of the molecule is Cn1cc(CN2CC3CC(C2)c2c(-c4ccccc4)ccc(=O)n2C3)c2ccccc21. The van der Waals surface area contributed by atoms with Gasteiger partial charge in [0, 0.05) is 73.6 Å². The smallest absolute Gasteiger partial charge is 0.250 e. The van der Waals surface area contributed by atoms with Crippen LogP contribution in [0.4, 0.5) is 0 Å². The molecule has 156 valence electrons. The van der Waals surface area contributed by atoms with Gasteiger partial charge in [0.15, 0.2) is 0 Å². The second kappa shape index (κ2) is 7.24. The highest BCUT2D eigenvalue weighted by molar-refractivity contribution is 5.83. The summed E-state index contributed by atoms with van der Waals surface area (Å²) in [5, 5.41) is 1.35. The predicted molar refractivity (Wildman–Crippen MR) is 125 cm³/mol. The summed E-state index contributed by atoms with van der Waals surface area (Å²) in [7, 11) is 2.13. The van der Waals surface area contributed by atoms with E-state index in [4.69, 9.17) is 0 Å². The van der Waals surface area contributed by atoms with Crippen molar-refractivity contribution in [2.24, 2.45) is 13.0 Å². The first-order valence-corrected chi connectivity index (χ1v) is 11.2. The van der Waals surface area contributed by atoms with Gasteiger partial charge < -0.3 is 9.13 Å². The van der Waals surface area contributed by atoms with Crippen LogP contribution in [-0.2, 0) is 20.1 Å². The van der Waals surface area contributed by atoms with Gasteiger partial charge >= 0.3 is 0 Å². The molecule has 1 fully saturated rings. The summed E-state index contributed by atoms with van der Waals surface area (Å²) < 4.78 is 4.30. The van der Waals surface area contributed by atoms with Crippen LogP contribution < -0.4 is 5.56 Å². The molecule has 2 aliphatic heterocycles. The lowest BCUT2D eigenvalue weighted by atomic mass is 9.80. The van der Waals surface area contributed by atoms with Crippen LogP contribution in [0, 0.1) is 5.92 Å². The summed E-state index contributed by atoms with van der Waals surface area (Å²) in [5.41, 5.74) is 6.49. The van der Waals surface area contributed by atoms with Gasteiger partial charge in [0.05, 0.1) is 0 Å². The Morgan fingerprint density at radius 1 is 0.903 bits per heavy atom. The van der Waals surface area contributed by atoms with E-state index in [2.05, 4.69) is 75.8 Å². The van der Waals surface area contributed by atoms with Crippen LogP contribution >= 0.6 is 0 Å². The van der Waals surface area contributed by atoms with Crippen LogP contribution in [0.5, 0.6) is 0 Å². The Hall–Kier alpha value is -3.11. The molecule has 4 nitrogen and oxygen atoms in total. The summed E-state index contributed by atoms with van der Waals surface area (Å²) in [6, 6.07) is 23.0. The lowest BCUT2D eigenvalue weighted by Crippen LogP contribution is -2.47. The Morgan fingerprint density at radius 2 is 1.71 bits per heavy atom. The van der Waals surface area contributed by atoms with Crippen molar-refractivity contribution in [1.82, 2.24) is 14.0 Å². The minimum atomic E-state index is 0.145. The van der Waals surface area contributed by atoms with Crippen molar-refractivity contribution in [3.8, 4) is 11.1 Å². The van der Waals surface area contributed by atoms with Gasteiger partial charge in [0.2, 0.25) is 0 Å². The fourth-order valence-corrected chi connectivity index (χ4v) is 5.90. The molecule has 2 aromatic carbocycles. The zero-order chi connectivity index (χ0) is 20.9. The number of piperidine rings is 1. The number of aromatic nitrogens is 2. The minimum Gasteiger partial charge on any atom is -0.350 e. The molecule has 2 bridgehead atoms. The van der Waals surface area contributed by atoms with Crippen LogP contribution in [0.2, 0.25) is 0 Å². The van der Waals surface area contributed by atoms with Crippen LogP contribution in [0.3, 0.4) is 0 Å². The normalized spacial score (nSPS) is 20.7. The quantitative estimate of drug-likeness (QED) is 0.494. The molecular formula is C27H27N3O. The van der Waals surface area contributed by atoms with E-state index in [1.165, 1.54) is 39.7 Å². The Bertz CT molecular complexity index is 1320. The summed E-state index contributed by atoms with van der Waals surface area (Å²) >= 11 is 0. The number of hydrogen-bond acceptors (Lipinski definition) is 2. The highest BCUT2D eigenvalue weighted by Gasteiger charge is 2.36. The number of benzene rings is 2. The standard InChI is InChI=1S/C27H27N3O/c1-28-16-22(23-9-5-6-10-25(23)28)18-29-14-19-13-21(17-29)27-24(20-7-3-2-4-8-20)11-12-26(31)30(27)15-19/h2-12,16,19,21H,13-15,17-18H2,1H3. The van der Waals surface area contributed by atoms with E-state index in [1.807, 2.05) is 12.1 Å². The third kappa shape index (κ3) is 3.14. The monoisotopic (exact) mass is 409 g/mol. The molecule has 0 spiro atoms. The Morgan fingerprint density at radius 3 is 2.58 bits per heavy atom. The van der Waals surface area contributed by atoms with Gasteiger partial charge in [-0.3, -0.25) is 9.69 Å². The van der Waals surface area contributed by atoms with Gasteiger partial charge in [-0.1, -0.05) is 48.5 Å². The number of likely N-dealkylation sites (tertiary alicyclic amines) is 1. The fraction of sp³-hybridized carbons (Fsp3) is 0.296. The largest absolute Gasteiger partial charge is 0.350 e. The number of fused-ring (bicyclic) bond motifs is 5. The van der Waals surface area contributed by atoms with Crippen molar-refractivity contribution in [2.75, 3.05) is 13.1 Å². The predicted octanol–water partition coefficient (Wildman–Crippen LogP) is 4.63. The Labute approximate surface area is 182 Å². The summed E-state index contributed by atoms with van der Waals surface area (Å²) in [5.74, 6) is 0.927. The first-order valence-electron chi connectivity index (χ1n) is 11.2. The van der Waals surface area contributed by atoms with E-state index < -0.39 is 0 Å². The molecule has 2 unspecified atom stereocenters. The van der Waals surface area contributed by atoms with Crippen molar-refractivity contribution >= 4 is 10.9 Å². The molecule has 0 saturated carbocycles. The van der Waals surface area contributed by atoms with Crippen molar-refractivity contribution in [3.63, 3.8) is 0 Å². The van der Waals surface area contributed by atoms with Crippen LogP contribution in [-0.4, -0.2) is 27.1 Å². The summed E-state index contributed by atoms with van der Waals surface area (Å²) in [4.78, 5) is 15.4. The van der Waals surface area contributed by atoms with Gasteiger partial charge in [-0.25, -0.2) is 0 Å². The molecule has 4 heterocycles. The van der Waals surface area contributed by atoms with Gasteiger partial charge in [-0.2, -0.15) is 0 Å². The minimum absolute atomic E-state index is 0.145. The van der Waals surface area contributed by atoms with E-state index in [0.29, 0.717) is 11.8 Å². The van der Waals surface area contributed by atoms with E-state index in [1.54, 1.807) is 6.07 Å². The lowest BCUT2D eigenvalue weighted by molar-refractivity contribution is 0.115. The number of pyridine rings is 1. The molecule has 2 aliphatic rings. The van der Waals surface area contributed by atoms with E-state index in [0.717, 1.165) is 26.2 Å². The van der Waals surface area contributed by atoms with Crippen molar-refractivity contribution in [2.45, 2.75) is 25.4 Å². The molecule has 0 aliphatic carbocycles. The van der Waals surface area contributed by atoms with Crippen LogP contribution in [0.15, 0.2) is 77.7 Å². The first-order chi connectivity index (χ1) is 15.2. The average molecular weight is 410 g/mol. The maximum absolute atomic E-state index is 12.7. The van der Waals surface area contributed by atoms with E-state index >= 15 is 0 Å². The third-order valence-corrected chi connectivity index (χ3v) is 7.12. The number of aryl methyl sites for hydroxylation is 1. The van der Waals surface area contributed by atoms with Crippen molar-refractivity contribution in [1.29, 1.82) is 0 Å². The molecule has 31 heavy (non-hydrogen) atoms. The zero-order valence-corrected chi connectivity index (χ0v) is 17.9.